The molecule has 0 unspecified atom stereocenters. The summed E-state index contributed by atoms with van der Waals surface area (Å²) in [4.78, 5) is 54.1. The van der Waals surface area contributed by atoms with E-state index >= 15 is 0 Å². The molecular weight excluding hydrogens is 372 g/mol. The van der Waals surface area contributed by atoms with Gasteiger partial charge < -0.3 is 15.1 Å². The summed E-state index contributed by atoms with van der Waals surface area (Å²) in [5.74, 6) is 0.323. The molecule has 1 N–H and O–H groups in total. The molecule has 0 aromatic heterocycles. The third-order valence-electron chi connectivity index (χ3n) is 7.29. The summed E-state index contributed by atoms with van der Waals surface area (Å²) in [7, 11) is 0. The van der Waals surface area contributed by atoms with Crippen LogP contribution in [0.5, 0.6) is 0 Å². The summed E-state index contributed by atoms with van der Waals surface area (Å²) in [6.07, 6.45) is 10.1. The number of hydrogen-bond donors (Lipinski definition) is 1. The van der Waals surface area contributed by atoms with E-state index in [-0.39, 0.29) is 30.8 Å². The normalized spacial score (nSPS) is 28.6. The molecule has 1 atom stereocenters. The van der Waals surface area contributed by atoms with Crippen LogP contribution >= 0.6 is 0 Å². The molecule has 4 fully saturated rings. The Morgan fingerprint density at radius 2 is 1.83 bits per heavy atom. The molecule has 5 amide bonds. The van der Waals surface area contributed by atoms with E-state index in [9.17, 15) is 19.2 Å². The lowest BCUT2D eigenvalue weighted by Gasteiger charge is -2.40. The van der Waals surface area contributed by atoms with Crippen molar-refractivity contribution < 1.29 is 19.2 Å². The Labute approximate surface area is 171 Å². The molecule has 3 aliphatic heterocycles. The zero-order valence-corrected chi connectivity index (χ0v) is 17.2. The predicted octanol–water partition coefficient (Wildman–Crippen LogP) is 1.35. The lowest BCUT2D eigenvalue weighted by Crippen LogP contribution is -2.51. The fraction of sp³-hybridized carbons (Fsp3) is 0.810. The van der Waals surface area contributed by atoms with Crippen LogP contribution in [0.15, 0.2) is 0 Å². The second-order valence-corrected chi connectivity index (χ2v) is 9.17. The summed E-state index contributed by atoms with van der Waals surface area (Å²) in [6.45, 7) is 2.30. The van der Waals surface area contributed by atoms with Crippen molar-refractivity contribution in [1.29, 1.82) is 0 Å². The van der Waals surface area contributed by atoms with Crippen molar-refractivity contribution in [2.75, 3.05) is 39.3 Å². The number of piperidine rings is 1. The fourth-order valence-electron chi connectivity index (χ4n) is 5.49. The zero-order valence-electron chi connectivity index (χ0n) is 17.2. The number of likely N-dealkylation sites (tertiary alicyclic amines) is 2. The van der Waals surface area contributed by atoms with Gasteiger partial charge in [0.2, 0.25) is 11.8 Å². The van der Waals surface area contributed by atoms with Crippen LogP contribution < -0.4 is 5.32 Å². The highest BCUT2D eigenvalue weighted by Gasteiger charge is 2.49. The highest BCUT2D eigenvalue weighted by atomic mass is 16.2. The number of nitrogens with zero attached hydrogens (tertiary/aromatic N) is 3. The Morgan fingerprint density at radius 1 is 1.03 bits per heavy atom. The fourth-order valence-corrected chi connectivity index (χ4v) is 5.49. The van der Waals surface area contributed by atoms with E-state index in [2.05, 4.69) is 5.32 Å². The molecule has 29 heavy (non-hydrogen) atoms. The first-order valence-corrected chi connectivity index (χ1v) is 11.1. The molecule has 0 radical (unpaired) electrons. The quantitative estimate of drug-likeness (QED) is 0.701. The van der Waals surface area contributed by atoms with Gasteiger partial charge in [-0.1, -0.05) is 32.1 Å². The van der Waals surface area contributed by atoms with E-state index in [0.717, 1.165) is 43.2 Å². The Bertz CT molecular complexity index is 674. The molecule has 0 bridgehead atoms. The summed E-state index contributed by atoms with van der Waals surface area (Å²) in [6, 6.07) is -0.514. The molecule has 1 spiro atoms. The van der Waals surface area contributed by atoms with Crippen LogP contribution in [0.25, 0.3) is 0 Å². The van der Waals surface area contributed by atoms with Gasteiger partial charge in [-0.05, 0) is 31.6 Å². The Kier molecular flexibility index (Phi) is 5.79. The topological polar surface area (TPSA) is 90.0 Å². The smallest absolute Gasteiger partial charge is 0.325 e. The second-order valence-electron chi connectivity index (χ2n) is 9.17. The van der Waals surface area contributed by atoms with E-state index < -0.39 is 11.4 Å². The van der Waals surface area contributed by atoms with Crippen molar-refractivity contribution in [3.63, 3.8) is 0 Å². The van der Waals surface area contributed by atoms with Crippen LogP contribution in [0.4, 0.5) is 4.79 Å². The van der Waals surface area contributed by atoms with Crippen LogP contribution in [0.2, 0.25) is 0 Å². The van der Waals surface area contributed by atoms with E-state index in [1.54, 1.807) is 4.90 Å². The maximum Gasteiger partial charge on any atom is 0.325 e. The van der Waals surface area contributed by atoms with Gasteiger partial charge in [0.1, 0.15) is 6.54 Å². The molecule has 0 aromatic rings. The van der Waals surface area contributed by atoms with Crippen LogP contribution in [0, 0.1) is 11.3 Å². The number of rotatable bonds is 5. The summed E-state index contributed by atoms with van der Waals surface area (Å²) in [5.41, 5.74) is -0.474. The standard InChI is InChI=1S/C21H32N4O4/c26-17-13-22-20(29)25(17)14-18(27)24-12-9-21(15-24)8-4-10-23(19(21)28)11-7-16-5-2-1-3-6-16/h16H,1-15H2,(H,22,29)/t21-/m0/s1. The van der Waals surface area contributed by atoms with Gasteiger partial charge in [0.05, 0.1) is 12.0 Å². The molecule has 3 saturated heterocycles. The van der Waals surface area contributed by atoms with Crippen LogP contribution in [-0.2, 0) is 14.4 Å². The van der Waals surface area contributed by atoms with Crippen LogP contribution in [0.3, 0.4) is 0 Å². The van der Waals surface area contributed by atoms with E-state index in [4.69, 9.17) is 0 Å². The highest BCUT2D eigenvalue weighted by Crippen LogP contribution is 2.40. The SMILES string of the molecule is O=C(CN1C(=O)CNC1=O)N1CC[C@@]2(CCCN(CCC3CCCCC3)C2=O)C1. The number of imide groups is 1. The number of hydrogen-bond acceptors (Lipinski definition) is 4. The van der Waals surface area contributed by atoms with Crippen LogP contribution in [-0.4, -0.2) is 77.7 Å². The second kappa shape index (κ2) is 8.32. The molecule has 8 nitrogen and oxygen atoms in total. The molecule has 0 aromatic carbocycles. The lowest BCUT2D eigenvalue weighted by atomic mass is 9.78. The molecule has 8 heteroatoms. The summed E-state index contributed by atoms with van der Waals surface area (Å²) < 4.78 is 0. The van der Waals surface area contributed by atoms with Crippen molar-refractivity contribution >= 4 is 23.8 Å². The first-order chi connectivity index (χ1) is 14.0. The third kappa shape index (κ3) is 4.12. The van der Waals surface area contributed by atoms with Crippen molar-refractivity contribution in [3.8, 4) is 0 Å². The van der Waals surface area contributed by atoms with Crippen molar-refractivity contribution in [3.05, 3.63) is 0 Å². The van der Waals surface area contributed by atoms with Crippen molar-refractivity contribution in [1.82, 2.24) is 20.0 Å². The third-order valence-corrected chi connectivity index (χ3v) is 7.29. The summed E-state index contributed by atoms with van der Waals surface area (Å²) in [5, 5.41) is 2.43. The molecule has 4 rings (SSSR count). The van der Waals surface area contributed by atoms with E-state index in [1.807, 2.05) is 4.90 Å². The molecule has 1 saturated carbocycles. The van der Waals surface area contributed by atoms with E-state index in [1.165, 1.54) is 32.1 Å². The minimum atomic E-state index is -0.514. The number of nitrogens with one attached hydrogen (secondary N) is 1. The molecular formula is C21H32N4O4. The zero-order chi connectivity index (χ0) is 20.4. The first-order valence-electron chi connectivity index (χ1n) is 11.1. The minimum absolute atomic E-state index is 0.0511. The lowest BCUT2D eigenvalue weighted by molar-refractivity contribution is -0.146. The van der Waals surface area contributed by atoms with Gasteiger partial charge in [-0.25, -0.2) is 4.79 Å². The number of urea groups is 1. The first kappa shape index (κ1) is 20.2. The number of carbonyl (C=O) groups excluding carboxylic acids is 4. The van der Waals surface area contributed by atoms with Gasteiger partial charge >= 0.3 is 6.03 Å². The van der Waals surface area contributed by atoms with E-state index in [0.29, 0.717) is 19.5 Å². The average Bonchev–Trinajstić information content (AvgIpc) is 3.29. The van der Waals surface area contributed by atoms with Crippen molar-refractivity contribution in [2.24, 2.45) is 11.3 Å². The van der Waals surface area contributed by atoms with Gasteiger partial charge in [0.15, 0.2) is 0 Å². The van der Waals surface area contributed by atoms with Gasteiger partial charge in [-0.3, -0.25) is 19.3 Å². The van der Waals surface area contributed by atoms with Gasteiger partial charge in [0.25, 0.3) is 5.91 Å². The number of amides is 5. The maximum absolute atomic E-state index is 13.3. The van der Waals surface area contributed by atoms with Crippen molar-refractivity contribution in [2.45, 2.75) is 57.8 Å². The van der Waals surface area contributed by atoms with Crippen LogP contribution in [0.1, 0.15) is 57.8 Å². The van der Waals surface area contributed by atoms with Gasteiger partial charge in [-0.15, -0.1) is 0 Å². The molecule has 160 valence electrons. The minimum Gasteiger partial charge on any atom is -0.342 e. The number of carbonyl (C=O) groups is 4. The monoisotopic (exact) mass is 404 g/mol. The Morgan fingerprint density at radius 3 is 2.55 bits per heavy atom. The largest absolute Gasteiger partial charge is 0.342 e. The predicted molar refractivity (Wildman–Crippen MR) is 106 cm³/mol. The molecule has 3 heterocycles. The highest BCUT2D eigenvalue weighted by molar-refractivity contribution is 6.04. The van der Waals surface area contributed by atoms with Gasteiger partial charge in [-0.2, -0.15) is 0 Å². The van der Waals surface area contributed by atoms with Gasteiger partial charge in [0, 0.05) is 26.2 Å². The maximum atomic E-state index is 13.3. The average molecular weight is 405 g/mol. The molecule has 1 aliphatic carbocycles. The Hall–Kier alpha value is -2.12. The molecule has 4 aliphatic rings. The summed E-state index contributed by atoms with van der Waals surface area (Å²) >= 11 is 0. The Balaban J connectivity index is 1.33.